The second kappa shape index (κ2) is 1.64. The highest BCUT2D eigenvalue weighted by Gasteiger charge is 2.38. The van der Waals surface area contributed by atoms with E-state index in [4.69, 9.17) is 14.2 Å². The Morgan fingerprint density at radius 2 is 1.78 bits per heavy atom. The first-order valence-corrected chi connectivity index (χ1v) is 2.96. The molecule has 0 aromatic rings. The standard InChI is InChI=1S/C6H8O3/c1-4-8-5-2-7-3-6(5)9-4/h5-6H,1-3H2/t5-,6+. The summed E-state index contributed by atoms with van der Waals surface area (Å²) < 4.78 is 15.4. The van der Waals surface area contributed by atoms with Crippen molar-refractivity contribution in [3.05, 3.63) is 12.5 Å². The van der Waals surface area contributed by atoms with Crippen LogP contribution >= 0.6 is 0 Å². The maximum atomic E-state index is 5.14. The summed E-state index contributed by atoms with van der Waals surface area (Å²) in [6, 6.07) is 0. The van der Waals surface area contributed by atoms with E-state index in [0.29, 0.717) is 19.2 Å². The monoisotopic (exact) mass is 128 g/mol. The van der Waals surface area contributed by atoms with Crippen LogP contribution in [0, 0.1) is 0 Å². The molecule has 3 heteroatoms. The van der Waals surface area contributed by atoms with Gasteiger partial charge in [0.1, 0.15) is 0 Å². The van der Waals surface area contributed by atoms with E-state index in [-0.39, 0.29) is 12.2 Å². The zero-order valence-electron chi connectivity index (χ0n) is 5.00. The van der Waals surface area contributed by atoms with Crippen molar-refractivity contribution in [2.45, 2.75) is 12.2 Å². The SMILES string of the molecule is C=C1O[C@H]2COC[C@H]2O1. The Labute approximate surface area is 53.2 Å². The smallest absolute Gasteiger partial charge is 0.272 e. The number of rotatable bonds is 0. The molecule has 0 aromatic heterocycles. The molecule has 0 amide bonds. The maximum Gasteiger partial charge on any atom is 0.272 e. The van der Waals surface area contributed by atoms with E-state index in [1.807, 2.05) is 0 Å². The first kappa shape index (κ1) is 5.11. The summed E-state index contributed by atoms with van der Waals surface area (Å²) in [5, 5.41) is 0. The molecular weight excluding hydrogens is 120 g/mol. The molecule has 2 rings (SSSR count). The van der Waals surface area contributed by atoms with Gasteiger partial charge in [0.05, 0.1) is 13.2 Å². The zero-order chi connectivity index (χ0) is 6.27. The summed E-state index contributed by atoms with van der Waals surface area (Å²) in [4.78, 5) is 0. The molecule has 0 aliphatic carbocycles. The first-order valence-electron chi connectivity index (χ1n) is 2.96. The molecule has 0 spiro atoms. The van der Waals surface area contributed by atoms with Crippen molar-refractivity contribution in [3.63, 3.8) is 0 Å². The highest BCUT2D eigenvalue weighted by atomic mass is 16.7. The van der Waals surface area contributed by atoms with Crippen LogP contribution in [0.25, 0.3) is 0 Å². The van der Waals surface area contributed by atoms with Gasteiger partial charge in [-0.1, -0.05) is 0 Å². The van der Waals surface area contributed by atoms with Gasteiger partial charge in [-0.3, -0.25) is 0 Å². The third-order valence-corrected chi connectivity index (χ3v) is 1.54. The molecule has 0 unspecified atom stereocenters. The van der Waals surface area contributed by atoms with Crippen molar-refractivity contribution >= 4 is 0 Å². The van der Waals surface area contributed by atoms with Gasteiger partial charge in [0.15, 0.2) is 12.2 Å². The van der Waals surface area contributed by atoms with Crippen LogP contribution in [0.3, 0.4) is 0 Å². The van der Waals surface area contributed by atoms with Crippen molar-refractivity contribution in [1.29, 1.82) is 0 Å². The van der Waals surface area contributed by atoms with Crippen LogP contribution in [-0.4, -0.2) is 25.4 Å². The van der Waals surface area contributed by atoms with Crippen LogP contribution < -0.4 is 0 Å². The summed E-state index contributed by atoms with van der Waals surface area (Å²) in [6.45, 7) is 4.82. The molecule has 50 valence electrons. The lowest BCUT2D eigenvalue weighted by molar-refractivity contribution is 0.0564. The van der Waals surface area contributed by atoms with E-state index < -0.39 is 0 Å². The Bertz CT molecular complexity index is 129. The number of ether oxygens (including phenoxy) is 3. The number of hydrogen-bond donors (Lipinski definition) is 0. The lowest BCUT2D eigenvalue weighted by Gasteiger charge is -1.98. The highest BCUT2D eigenvalue weighted by molar-refractivity contribution is 4.90. The van der Waals surface area contributed by atoms with Crippen molar-refractivity contribution in [2.75, 3.05) is 13.2 Å². The molecule has 0 saturated carbocycles. The van der Waals surface area contributed by atoms with Crippen LogP contribution in [0.15, 0.2) is 12.5 Å². The van der Waals surface area contributed by atoms with Gasteiger partial charge in [0, 0.05) is 0 Å². The molecule has 0 N–H and O–H groups in total. The summed E-state index contributed by atoms with van der Waals surface area (Å²) in [6.07, 6.45) is 0.218. The van der Waals surface area contributed by atoms with Crippen LogP contribution in [-0.2, 0) is 14.2 Å². The normalized spacial score (nSPS) is 39.8. The van der Waals surface area contributed by atoms with Crippen LogP contribution in [0.1, 0.15) is 0 Å². The van der Waals surface area contributed by atoms with Gasteiger partial charge in [0.25, 0.3) is 5.95 Å². The van der Waals surface area contributed by atoms with E-state index in [9.17, 15) is 0 Å². The van der Waals surface area contributed by atoms with E-state index in [1.165, 1.54) is 0 Å². The maximum absolute atomic E-state index is 5.14. The summed E-state index contributed by atoms with van der Waals surface area (Å²) in [5.74, 6) is 0.438. The van der Waals surface area contributed by atoms with Gasteiger partial charge < -0.3 is 14.2 Å². The second-order valence-corrected chi connectivity index (χ2v) is 2.22. The van der Waals surface area contributed by atoms with Gasteiger partial charge in [-0.2, -0.15) is 0 Å². The average Bonchev–Trinajstić information content (AvgIpc) is 2.22. The molecule has 2 saturated heterocycles. The average molecular weight is 128 g/mol. The molecule has 0 radical (unpaired) electrons. The van der Waals surface area contributed by atoms with Crippen LogP contribution in [0.5, 0.6) is 0 Å². The Morgan fingerprint density at radius 3 is 2.33 bits per heavy atom. The predicted molar refractivity (Wildman–Crippen MR) is 29.7 cm³/mol. The topological polar surface area (TPSA) is 27.7 Å². The fraction of sp³-hybridized carbons (Fsp3) is 0.667. The van der Waals surface area contributed by atoms with Gasteiger partial charge in [-0.15, -0.1) is 0 Å². The zero-order valence-corrected chi connectivity index (χ0v) is 5.00. The first-order chi connectivity index (χ1) is 4.36. The Kier molecular flexibility index (Phi) is 0.931. The molecule has 2 atom stereocenters. The van der Waals surface area contributed by atoms with Gasteiger partial charge >= 0.3 is 0 Å². The molecule has 2 fully saturated rings. The van der Waals surface area contributed by atoms with Crippen molar-refractivity contribution in [3.8, 4) is 0 Å². The fourth-order valence-electron chi connectivity index (χ4n) is 1.10. The molecule has 3 nitrogen and oxygen atoms in total. The Hall–Kier alpha value is -0.700. The third kappa shape index (κ3) is 0.685. The minimum absolute atomic E-state index is 0.109. The van der Waals surface area contributed by atoms with E-state index in [0.717, 1.165) is 0 Å². The molecule has 9 heavy (non-hydrogen) atoms. The fourth-order valence-corrected chi connectivity index (χ4v) is 1.10. The van der Waals surface area contributed by atoms with Crippen LogP contribution in [0.4, 0.5) is 0 Å². The summed E-state index contributed by atoms with van der Waals surface area (Å²) in [7, 11) is 0. The summed E-state index contributed by atoms with van der Waals surface area (Å²) in [5.41, 5.74) is 0. The Balaban J connectivity index is 2.09. The van der Waals surface area contributed by atoms with Gasteiger partial charge in [-0.25, -0.2) is 0 Å². The quantitative estimate of drug-likeness (QED) is 0.468. The van der Waals surface area contributed by atoms with Crippen molar-refractivity contribution in [1.82, 2.24) is 0 Å². The lowest BCUT2D eigenvalue weighted by atomic mass is 10.3. The summed E-state index contributed by atoms with van der Waals surface area (Å²) >= 11 is 0. The van der Waals surface area contributed by atoms with E-state index >= 15 is 0 Å². The highest BCUT2D eigenvalue weighted by Crippen LogP contribution is 2.25. The molecule has 2 heterocycles. The lowest BCUT2D eigenvalue weighted by Crippen LogP contribution is -2.18. The van der Waals surface area contributed by atoms with E-state index in [2.05, 4.69) is 6.58 Å². The molecule has 0 aromatic carbocycles. The van der Waals surface area contributed by atoms with Gasteiger partial charge in [-0.05, 0) is 6.58 Å². The number of fused-ring (bicyclic) bond motifs is 1. The van der Waals surface area contributed by atoms with E-state index in [1.54, 1.807) is 0 Å². The molecule has 2 aliphatic heterocycles. The van der Waals surface area contributed by atoms with Crippen molar-refractivity contribution < 1.29 is 14.2 Å². The third-order valence-electron chi connectivity index (χ3n) is 1.54. The Morgan fingerprint density at radius 1 is 1.22 bits per heavy atom. The largest absolute Gasteiger partial charge is 0.456 e. The van der Waals surface area contributed by atoms with Crippen LogP contribution in [0.2, 0.25) is 0 Å². The molecule has 2 aliphatic rings. The second-order valence-electron chi connectivity index (χ2n) is 2.22. The predicted octanol–water partition coefficient (Wildman–Crippen LogP) is 0.272. The number of hydrogen-bond acceptors (Lipinski definition) is 3. The minimum Gasteiger partial charge on any atom is -0.456 e. The molecule has 0 bridgehead atoms. The minimum atomic E-state index is 0.109. The van der Waals surface area contributed by atoms with Crippen molar-refractivity contribution in [2.24, 2.45) is 0 Å². The molecular formula is C6H8O3. The van der Waals surface area contributed by atoms with Gasteiger partial charge in [0.2, 0.25) is 0 Å².